The molecule has 160 valence electrons. The van der Waals surface area contributed by atoms with Gasteiger partial charge in [0.1, 0.15) is 0 Å². The lowest BCUT2D eigenvalue weighted by molar-refractivity contribution is -0.143. The summed E-state index contributed by atoms with van der Waals surface area (Å²) in [4.78, 5) is 23.2. The molecule has 0 N–H and O–H groups in total. The van der Waals surface area contributed by atoms with E-state index in [2.05, 4.69) is 6.92 Å². The molecule has 0 unspecified atom stereocenters. The fourth-order valence-corrected chi connectivity index (χ4v) is 6.95. The molecule has 3 nitrogen and oxygen atoms in total. The number of ketones is 1. The van der Waals surface area contributed by atoms with Gasteiger partial charge in [-0.2, -0.15) is 0 Å². The van der Waals surface area contributed by atoms with E-state index in [4.69, 9.17) is 4.74 Å². The van der Waals surface area contributed by atoms with Crippen molar-refractivity contribution in [1.82, 2.24) is 0 Å². The molecular formula is C26H38O3. The molecule has 0 aromatic rings. The molecule has 3 heteroatoms. The number of fused-ring (bicyclic) bond motifs is 4. The number of rotatable bonds is 7. The molecule has 4 aliphatic rings. The van der Waals surface area contributed by atoms with Crippen LogP contribution in [-0.4, -0.2) is 18.4 Å². The van der Waals surface area contributed by atoms with E-state index in [0.717, 1.165) is 43.4 Å². The Morgan fingerprint density at radius 2 is 1.90 bits per heavy atom. The molecule has 0 spiro atoms. The van der Waals surface area contributed by atoms with Gasteiger partial charge in [-0.15, -0.1) is 0 Å². The molecule has 4 aliphatic carbocycles. The molecule has 0 heterocycles. The van der Waals surface area contributed by atoms with Crippen LogP contribution >= 0.6 is 0 Å². The van der Waals surface area contributed by atoms with Crippen molar-refractivity contribution in [2.45, 2.75) is 97.3 Å². The van der Waals surface area contributed by atoms with Crippen LogP contribution in [0.1, 0.15) is 97.3 Å². The molecule has 1 saturated carbocycles. The van der Waals surface area contributed by atoms with Crippen LogP contribution in [0, 0.1) is 23.2 Å². The highest BCUT2D eigenvalue weighted by Gasteiger charge is 2.50. The Kier molecular flexibility index (Phi) is 6.32. The maximum absolute atomic E-state index is 12.0. The summed E-state index contributed by atoms with van der Waals surface area (Å²) in [6.07, 6.45) is 16.8. The summed E-state index contributed by atoms with van der Waals surface area (Å²) in [6, 6.07) is 0. The molecule has 0 bridgehead atoms. The average Bonchev–Trinajstić information content (AvgIpc) is 3.14. The predicted molar refractivity (Wildman–Crippen MR) is 115 cm³/mol. The average molecular weight is 399 g/mol. The van der Waals surface area contributed by atoms with E-state index in [-0.39, 0.29) is 11.4 Å². The van der Waals surface area contributed by atoms with Crippen molar-refractivity contribution in [2.24, 2.45) is 23.2 Å². The van der Waals surface area contributed by atoms with Crippen LogP contribution in [0.2, 0.25) is 0 Å². The van der Waals surface area contributed by atoms with Gasteiger partial charge in [0.15, 0.2) is 5.78 Å². The van der Waals surface area contributed by atoms with Gasteiger partial charge in [-0.25, -0.2) is 0 Å². The third-order valence-corrected chi connectivity index (χ3v) is 8.58. The summed E-state index contributed by atoms with van der Waals surface area (Å²) in [5, 5.41) is 0. The van der Waals surface area contributed by atoms with Crippen LogP contribution in [-0.2, 0) is 14.3 Å². The molecular weight excluding hydrogens is 360 g/mol. The number of hydrogen-bond donors (Lipinski definition) is 0. The summed E-state index contributed by atoms with van der Waals surface area (Å²) in [7, 11) is 0. The normalized spacial score (nSPS) is 33.7. The van der Waals surface area contributed by atoms with E-state index in [9.17, 15) is 9.59 Å². The highest BCUT2D eigenvalue weighted by atomic mass is 16.5. The van der Waals surface area contributed by atoms with Crippen molar-refractivity contribution in [1.29, 1.82) is 0 Å². The molecule has 29 heavy (non-hydrogen) atoms. The van der Waals surface area contributed by atoms with Gasteiger partial charge in [-0.1, -0.05) is 43.4 Å². The first-order chi connectivity index (χ1) is 14.0. The Bertz CT molecular complexity index is 715. The Morgan fingerprint density at radius 1 is 1.07 bits per heavy atom. The van der Waals surface area contributed by atoms with E-state index in [1.807, 2.05) is 24.1 Å². The topological polar surface area (TPSA) is 43.4 Å². The van der Waals surface area contributed by atoms with E-state index in [0.29, 0.717) is 18.8 Å². The third kappa shape index (κ3) is 4.11. The number of carbonyl (C=O) groups is 2. The summed E-state index contributed by atoms with van der Waals surface area (Å²) in [5.41, 5.74) is 5.41. The Hall–Kier alpha value is -1.38. The molecule has 0 aromatic heterocycles. The standard InChI is InChI=1S/C26H38O3/c1-3-25(28)29-16-6-4-5-7-18-8-10-22-21(18)12-13-24-23(22)11-9-19-17-20(27)14-15-26(19,24)2/h17-18,23-24H,3-16H2,1-2H3/t18-,23-,24-,26-/m0/s1. The molecule has 0 amide bonds. The minimum absolute atomic E-state index is 0.0751. The molecule has 0 aromatic carbocycles. The number of hydrogen-bond acceptors (Lipinski definition) is 3. The van der Waals surface area contributed by atoms with Crippen molar-refractivity contribution < 1.29 is 14.3 Å². The van der Waals surface area contributed by atoms with Crippen LogP contribution in [0.15, 0.2) is 22.8 Å². The van der Waals surface area contributed by atoms with Crippen molar-refractivity contribution in [3.63, 3.8) is 0 Å². The van der Waals surface area contributed by atoms with Gasteiger partial charge in [0.2, 0.25) is 0 Å². The Balaban J connectivity index is 1.33. The summed E-state index contributed by atoms with van der Waals surface area (Å²) in [6.45, 7) is 4.90. The first-order valence-electron chi connectivity index (χ1n) is 12.1. The van der Waals surface area contributed by atoms with Crippen LogP contribution in [0.3, 0.4) is 0 Å². The van der Waals surface area contributed by atoms with Crippen molar-refractivity contribution in [3.8, 4) is 0 Å². The highest BCUT2D eigenvalue weighted by molar-refractivity contribution is 5.91. The van der Waals surface area contributed by atoms with Gasteiger partial charge >= 0.3 is 5.97 Å². The molecule has 1 fully saturated rings. The summed E-state index contributed by atoms with van der Waals surface area (Å²) >= 11 is 0. The number of allylic oxidation sites excluding steroid dienone is 4. The number of esters is 1. The molecule has 4 atom stereocenters. The van der Waals surface area contributed by atoms with Gasteiger partial charge in [0.05, 0.1) is 6.61 Å². The van der Waals surface area contributed by atoms with Gasteiger partial charge < -0.3 is 4.74 Å². The largest absolute Gasteiger partial charge is 0.466 e. The number of carbonyl (C=O) groups excluding carboxylic acids is 2. The fourth-order valence-electron chi connectivity index (χ4n) is 6.95. The van der Waals surface area contributed by atoms with Crippen LogP contribution in [0.4, 0.5) is 0 Å². The molecule has 0 saturated heterocycles. The molecule has 4 rings (SSSR count). The second kappa shape index (κ2) is 8.78. The zero-order valence-corrected chi connectivity index (χ0v) is 18.4. The van der Waals surface area contributed by atoms with Crippen molar-refractivity contribution >= 4 is 11.8 Å². The second-order valence-electron chi connectivity index (χ2n) is 10.1. The molecule has 0 radical (unpaired) electrons. The zero-order valence-electron chi connectivity index (χ0n) is 18.4. The van der Waals surface area contributed by atoms with Gasteiger partial charge in [-0.05, 0) is 87.0 Å². The minimum Gasteiger partial charge on any atom is -0.466 e. The zero-order chi connectivity index (χ0) is 20.4. The maximum Gasteiger partial charge on any atom is 0.305 e. The van der Waals surface area contributed by atoms with E-state index < -0.39 is 0 Å². The predicted octanol–water partition coefficient (Wildman–Crippen LogP) is 6.32. The SMILES string of the molecule is CCC(=O)OCCCCC[C@H]1CCC2=C1CC[C@H]1[C@H]2CCC2=CC(=O)CC[C@@]21C. The quantitative estimate of drug-likeness (QED) is 0.286. The van der Waals surface area contributed by atoms with Crippen molar-refractivity contribution in [3.05, 3.63) is 22.8 Å². The fraction of sp³-hybridized carbons (Fsp3) is 0.769. The van der Waals surface area contributed by atoms with Gasteiger partial charge in [0.25, 0.3) is 0 Å². The number of ether oxygens (including phenoxy) is 1. The van der Waals surface area contributed by atoms with Crippen LogP contribution in [0.25, 0.3) is 0 Å². The highest BCUT2D eigenvalue weighted by Crippen LogP contribution is 2.60. The summed E-state index contributed by atoms with van der Waals surface area (Å²) in [5.74, 6) is 2.64. The first-order valence-corrected chi connectivity index (χ1v) is 12.1. The van der Waals surface area contributed by atoms with Crippen molar-refractivity contribution in [2.75, 3.05) is 6.61 Å². The maximum atomic E-state index is 12.0. The lowest BCUT2D eigenvalue weighted by Crippen LogP contribution is -2.43. The third-order valence-electron chi connectivity index (χ3n) is 8.58. The second-order valence-corrected chi connectivity index (χ2v) is 10.1. The van der Waals surface area contributed by atoms with Crippen LogP contribution in [0.5, 0.6) is 0 Å². The van der Waals surface area contributed by atoms with Gasteiger partial charge in [-0.3, -0.25) is 9.59 Å². The van der Waals surface area contributed by atoms with Gasteiger partial charge in [0, 0.05) is 12.8 Å². The van der Waals surface area contributed by atoms with E-state index in [1.165, 1.54) is 56.9 Å². The smallest absolute Gasteiger partial charge is 0.305 e. The lowest BCUT2D eigenvalue weighted by Gasteiger charge is -2.52. The van der Waals surface area contributed by atoms with E-state index in [1.54, 1.807) is 0 Å². The van der Waals surface area contributed by atoms with E-state index >= 15 is 0 Å². The number of unbranched alkanes of at least 4 members (excludes halogenated alkanes) is 2. The first kappa shape index (κ1) is 20.9. The minimum atomic E-state index is -0.0751. The Labute approximate surface area is 176 Å². The Morgan fingerprint density at radius 3 is 2.72 bits per heavy atom. The summed E-state index contributed by atoms with van der Waals surface area (Å²) < 4.78 is 5.19. The lowest BCUT2D eigenvalue weighted by atomic mass is 9.52. The molecule has 0 aliphatic heterocycles. The van der Waals surface area contributed by atoms with Crippen LogP contribution < -0.4 is 0 Å². The monoisotopic (exact) mass is 398 g/mol.